The van der Waals surface area contributed by atoms with Crippen LogP contribution in [0, 0.1) is 0 Å². The Labute approximate surface area is 134 Å². The van der Waals surface area contributed by atoms with Crippen LogP contribution in [0.1, 0.15) is 59.3 Å². The Balaban J connectivity index is 2.57. The van der Waals surface area contributed by atoms with Crippen molar-refractivity contribution < 1.29 is 14.3 Å². The van der Waals surface area contributed by atoms with Gasteiger partial charge in [-0.15, -0.1) is 0 Å². The van der Waals surface area contributed by atoms with Crippen LogP contribution in [-0.4, -0.2) is 18.7 Å². The summed E-state index contributed by atoms with van der Waals surface area (Å²) >= 11 is 0. The Morgan fingerprint density at radius 3 is 2.41 bits per heavy atom. The molecular formula is C18H29NO3. The minimum absolute atomic E-state index is 0.0152. The van der Waals surface area contributed by atoms with Gasteiger partial charge in [-0.25, -0.2) is 0 Å². The van der Waals surface area contributed by atoms with E-state index < -0.39 is 0 Å². The van der Waals surface area contributed by atoms with E-state index >= 15 is 0 Å². The molecule has 1 rings (SSSR count). The molecule has 0 aromatic heterocycles. The second kappa shape index (κ2) is 10.1. The van der Waals surface area contributed by atoms with Crippen molar-refractivity contribution in [1.29, 1.82) is 0 Å². The van der Waals surface area contributed by atoms with Crippen LogP contribution in [0.3, 0.4) is 0 Å². The number of allylic oxidation sites excluding steroid dienone is 2. The summed E-state index contributed by atoms with van der Waals surface area (Å²) in [6.45, 7) is 10.1. The molecule has 1 aliphatic rings. The number of amides is 1. The zero-order valence-electron chi connectivity index (χ0n) is 14.1. The predicted octanol–water partition coefficient (Wildman–Crippen LogP) is 4.20. The summed E-state index contributed by atoms with van der Waals surface area (Å²) in [6.07, 6.45) is 10.2. The molecule has 1 aliphatic heterocycles. The molecule has 1 heterocycles. The number of ether oxygens (including phenoxy) is 2. The summed E-state index contributed by atoms with van der Waals surface area (Å²) in [7, 11) is 0. The lowest BCUT2D eigenvalue weighted by Crippen LogP contribution is -2.35. The number of carbonyl (C=O) groups is 1. The lowest BCUT2D eigenvalue weighted by Gasteiger charge is -2.18. The summed E-state index contributed by atoms with van der Waals surface area (Å²) in [5, 5.41) is 3.14. The number of carbonyl (C=O) groups excluding carboxylic acids is 1. The van der Waals surface area contributed by atoms with Gasteiger partial charge in [0.25, 0.3) is 0 Å². The maximum Gasteiger partial charge on any atom is 0.247 e. The van der Waals surface area contributed by atoms with Crippen molar-refractivity contribution in [2.24, 2.45) is 0 Å². The highest BCUT2D eigenvalue weighted by Crippen LogP contribution is 2.19. The van der Waals surface area contributed by atoms with E-state index in [0.717, 1.165) is 38.5 Å². The number of nitrogens with one attached hydrogen (secondary N) is 1. The zero-order valence-corrected chi connectivity index (χ0v) is 14.1. The van der Waals surface area contributed by atoms with E-state index in [1.807, 2.05) is 6.92 Å². The fourth-order valence-electron chi connectivity index (χ4n) is 2.22. The molecule has 22 heavy (non-hydrogen) atoms. The highest BCUT2D eigenvalue weighted by Gasteiger charge is 2.14. The first-order valence-electron chi connectivity index (χ1n) is 8.22. The molecule has 1 saturated heterocycles. The van der Waals surface area contributed by atoms with Gasteiger partial charge in [0, 0.05) is 11.6 Å². The van der Waals surface area contributed by atoms with Crippen molar-refractivity contribution in [3.63, 3.8) is 0 Å². The van der Waals surface area contributed by atoms with E-state index in [2.05, 4.69) is 25.7 Å². The van der Waals surface area contributed by atoms with Crippen molar-refractivity contribution in [2.75, 3.05) is 6.79 Å². The minimum atomic E-state index is -0.0152. The van der Waals surface area contributed by atoms with Gasteiger partial charge in [-0.05, 0) is 25.8 Å². The van der Waals surface area contributed by atoms with E-state index in [0.29, 0.717) is 17.1 Å². The highest BCUT2D eigenvalue weighted by molar-refractivity contribution is 5.93. The molecule has 0 aromatic rings. The number of rotatable bonds is 9. The molecule has 4 heteroatoms. The second-order valence-electron chi connectivity index (χ2n) is 5.67. The molecule has 124 valence electrons. The number of unbranched alkanes of at least 4 members (excludes halogenated alkanes) is 2. The Morgan fingerprint density at radius 1 is 1.27 bits per heavy atom. The molecule has 0 radical (unpaired) electrons. The zero-order chi connectivity index (χ0) is 16.4. The normalized spacial score (nSPS) is 16.8. The van der Waals surface area contributed by atoms with Gasteiger partial charge in [-0.1, -0.05) is 52.2 Å². The van der Waals surface area contributed by atoms with Crippen LogP contribution >= 0.6 is 0 Å². The summed E-state index contributed by atoms with van der Waals surface area (Å²) < 4.78 is 10.3. The fraction of sp³-hybridized carbons (Fsp3) is 0.611. The van der Waals surface area contributed by atoms with E-state index in [1.54, 1.807) is 12.2 Å². The van der Waals surface area contributed by atoms with Crippen molar-refractivity contribution in [3.8, 4) is 0 Å². The maximum atomic E-state index is 12.3. The molecule has 0 spiro atoms. The third kappa shape index (κ3) is 6.37. The Hall–Kier alpha value is -1.71. The number of hydrogen-bond acceptors (Lipinski definition) is 3. The first kappa shape index (κ1) is 18.3. The lowest BCUT2D eigenvalue weighted by molar-refractivity contribution is -0.118. The van der Waals surface area contributed by atoms with Crippen LogP contribution < -0.4 is 5.32 Å². The lowest BCUT2D eigenvalue weighted by atomic mass is 10.0. The van der Waals surface area contributed by atoms with Gasteiger partial charge in [0.2, 0.25) is 12.7 Å². The van der Waals surface area contributed by atoms with Gasteiger partial charge < -0.3 is 14.8 Å². The largest absolute Gasteiger partial charge is 0.454 e. The topological polar surface area (TPSA) is 47.6 Å². The molecule has 0 atom stereocenters. The van der Waals surface area contributed by atoms with Crippen LogP contribution in [0.25, 0.3) is 0 Å². The molecule has 0 aromatic carbocycles. The summed E-state index contributed by atoms with van der Waals surface area (Å²) in [5.41, 5.74) is 0.661. The molecule has 0 bridgehead atoms. The van der Waals surface area contributed by atoms with Crippen LogP contribution in [-0.2, 0) is 14.3 Å². The maximum absolute atomic E-state index is 12.3. The van der Waals surface area contributed by atoms with Crippen molar-refractivity contribution in [1.82, 2.24) is 5.32 Å². The molecule has 4 nitrogen and oxygen atoms in total. The summed E-state index contributed by atoms with van der Waals surface area (Å²) in [4.78, 5) is 12.3. The van der Waals surface area contributed by atoms with Gasteiger partial charge in [-0.3, -0.25) is 4.79 Å². The summed E-state index contributed by atoms with van der Waals surface area (Å²) in [5.74, 6) is 1.08. The quantitative estimate of drug-likeness (QED) is 0.649. The van der Waals surface area contributed by atoms with Crippen LogP contribution in [0.15, 0.2) is 35.8 Å². The molecule has 1 amide bonds. The van der Waals surface area contributed by atoms with E-state index in [9.17, 15) is 4.79 Å². The third-order valence-corrected chi connectivity index (χ3v) is 3.71. The van der Waals surface area contributed by atoms with Crippen molar-refractivity contribution >= 4 is 5.91 Å². The van der Waals surface area contributed by atoms with E-state index in [4.69, 9.17) is 9.47 Å². The van der Waals surface area contributed by atoms with Crippen LogP contribution in [0.2, 0.25) is 0 Å². The van der Waals surface area contributed by atoms with Crippen molar-refractivity contribution in [2.45, 2.75) is 65.3 Å². The smallest absolute Gasteiger partial charge is 0.247 e. The SMILES string of the molecule is C=C1OCO/C1=C/C=C(\C)C(=O)NC(CCCC)CCCC. The van der Waals surface area contributed by atoms with E-state index in [1.165, 1.54) is 0 Å². The molecular weight excluding hydrogens is 278 g/mol. The van der Waals surface area contributed by atoms with E-state index in [-0.39, 0.29) is 18.7 Å². The fourth-order valence-corrected chi connectivity index (χ4v) is 2.22. The molecule has 1 N–H and O–H groups in total. The Kier molecular flexibility index (Phi) is 8.41. The Bertz CT molecular complexity index is 430. The van der Waals surface area contributed by atoms with Gasteiger partial charge in [0.05, 0.1) is 0 Å². The number of hydrogen-bond donors (Lipinski definition) is 1. The third-order valence-electron chi connectivity index (χ3n) is 3.71. The first-order valence-corrected chi connectivity index (χ1v) is 8.22. The highest BCUT2D eigenvalue weighted by atomic mass is 16.7. The summed E-state index contributed by atoms with van der Waals surface area (Å²) in [6, 6.07) is 0.268. The minimum Gasteiger partial charge on any atom is -0.454 e. The Morgan fingerprint density at radius 2 is 1.91 bits per heavy atom. The standard InChI is InChI=1S/C18H29NO3/c1-5-7-9-16(10-8-6-2)19-18(20)14(3)11-12-17-15(4)21-13-22-17/h11-12,16H,4-10,13H2,1-3H3,(H,19,20)/b14-11+,17-12+. The average molecular weight is 307 g/mol. The van der Waals surface area contributed by atoms with Gasteiger partial charge in [-0.2, -0.15) is 0 Å². The van der Waals surface area contributed by atoms with Crippen LogP contribution in [0.4, 0.5) is 0 Å². The monoisotopic (exact) mass is 307 g/mol. The molecule has 0 unspecified atom stereocenters. The van der Waals surface area contributed by atoms with Gasteiger partial charge in [0.1, 0.15) is 0 Å². The van der Waals surface area contributed by atoms with Crippen molar-refractivity contribution in [3.05, 3.63) is 35.8 Å². The van der Waals surface area contributed by atoms with Gasteiger partial charge in [0.15, 0.2) is 11.5 Å². The molecule has 0 saturated carbocycles. The molecule has 0 aliphatic carbocycles. The predicted molar refractivity (Wildman–Crippen MR) is 89.0 cm³/mol. The van der Waals surface area contributed by atoms with Crippen LogP contribution in [0.5, 0.6) is 0 Å². The molecule has 1 fully saturated rings. The second-order valence-corrected chi connectivity index (χ2v) is 5.67. The first-order chi connectivity index (χ1) is 10.6. The average Bonchev–Trinajstić information content (AvgIpc) is 2.92. The van der Waals surface area contributed by atoms with Gasteiger partial charge >= 0.3 is 0 Å².